The second-order valence-corrected chi connectivity index (χ2v) is 5.80. The Morgan fingerprint density at radius 3 is 2.43 bits per heavy atom. The maximum absolute atomic E-state index is 4.63. The van der Waals surface area contributed by atoms with Crippen molar-refractivity contribution >= 4 is 16.5 Å². The molecule has 1 rings (SSSR count). The molecule has 14 heavy (non-hydrogen) atoms. The molecule has 0 unspecified atom stereocenters. The molecule has 0 aliphatic rings. The van der Waals surface area contributed by atoms with Gasteiger partial charge in [0.1, 0.15) is 0 Å². The lowest BCUT2D eigenvalue weighted by molar-refractivity contribution is 0.570. The maximum Gasteiger partial charge on any atom is 0.183 e. The van der Waals surface area contributed by atoms with E-state index in [1.807, 2.05) is 0 Å². The second-order valence-electron chi connectivity index (χ2n) is 4.60. The summed E-state index contributed by atoms with van der Waals surface area (Å²) in [6.07, 6.45) is 1.14. The lowest BCUT2D eigenvalue weighted by atomic mass is 9.92. The average Bonchev–Trinajstić information content (AvgIpc) is 2.42. The van der Waals surface area contributed by atoms with Crippen molar-refractivity contribution in [1.82, 2.24) is 4.98 Å². The number of aromatic nitrogens is 1. The normalized spacial score (nSPS) is 11.8. The third-order valence-electron chi connectivity index (χ3n) is 2.03. The van der Waals surface area contributed by atoms with Crippen LogP contribution in [0.2, 0.25) is 0 Å². The van der Waals surface area contributed by atoms with Crippen molar-refractivity contribution in [3.05, 3.63) is 10.6 Å². The smallest absolute Gasteiger partial charge is 0.183 e. The van der Waals surface area contributed by atoms with Crippen LogP contribution in [0.5, 0.6) is 0 Å². The molecule has 0 atom stereocenters. The van der Waals surface area contributed by atoms with Crippen LogP contribution in [-0.2, 0) is 5.41 Å². The summed E-state index contributed by atoms with van der Waals surface area (Å²) in [6, 6.07) is 0. The quantitative estimate of drug-likeness (QED) is 0.828. The van der Waals surface area contributed by atoms with Gasteiger partial charge in [-0.25, -0.2) is 4.98 Å². The van der Waals surface area contributed by atoms with Gasteiger partial charge in [-0.3, -0.25) is 0 Å². The predicted molar refractivity (Wildman–Crippen MR) is 64.3 cm³/mol. The molecule has 0 amide bonds. The highest BCUT2D eigenvalue weighted by atomic mass is 32.1. The van der Waals surface area contributed by atoms with Crippen LogP contribution >= 0.6 is 11.3 Å². The Hall–Kier alpha value is -0.570. The summed E-state index contributed by atoms with van der Waals surface area (Å²) in [6.45, 7) is 11.9. The van der Waals surface area contributed by atoms with Gasteiger partial charge in [-0.15, -0.1) is 11.3 Å². The molecule has 0 fully saturated rings. The fourth-order valence-electron chi connectivity index (χ4n) is 1.40. The zero-order valence-electron chi connectivity index (χ0n) is 9.77. The molecule has 0 radical (unpaired) electrons. The molecule has 2 nitrogen and oxygen atoms in total. The van der Waals surface area contributed by atoms with E-state index in [-0.39, 0.29) is 5.41 Å². The van der Waals surface area contributed by atoms with Crippen LogP contribution in [0.1, 0.15) is 44.7 Å². The lowest BCUT2D eigenvalue weighted by Crippen LogP contribution is -2.13. The van der Waals surface area contributed by atoms with E-state index in [0.717, 1.165) is 18.1 Å². The fraction of sp³-hybridized carbons (Fsp3) is 0.727. The number of anilines is 1. The van der Waals surface area contributed by atoms with Crippen molar-refractivity contribution in [2.24, 2.45) is 0 Å². The largest absolute Gasteiger partial charge is 0.362 e. The highest BCUT2D eigenvalue weighted by Gasteiger charge is 2.20. The van der Waals surface area contributed by atoms with E-state index < -0.39 is 0 Å². The van der Waals surface area contributed by atoms with E-state index in [9.17, 15) is 0 Å². The van der Waals surface area contributed by atoms with Crippen LogP contribution in [0, 0.1) is 6.92 Å². The summed E-state index contributed by atoms with van der Waals surface area (Å²) in [5, 5.41) is 4.40. The SMILES string of the molecule is CCCNc1nc(C(C)(C)C)c(C)s1. The van der Waals surface area contributed by atoms with Gasteiger partial charge < -0.3 is 5.32 Å². The number of nitrogens with zero attached hydrogens (tertiary/aromatic N) is 1. The minimum absolute atomic E-state index is 0.159. The van der Waals surface area contributed by atoms with Crippen molar-refractivity contribution in [3.63, 3.8) is 0 Å². The molecule has 1 aromatic heterocycles. The predicted octanol–water partition coefficient (Wildman–Crippen LogP) is 3.57. The molecular formula is C11H20N2S. The minimum atomic E-state index is 0.159. The first-order valence-electron chi connectivity index (χ1n) is 5.17. The number of nitrogens with one attached hydrogen (secondary N) is 1. The van der Waals surface area contributed by atoms with Gasteiger partial charge in [-0.05, 0) is 13.3 Å². The van der Waals surface area contributed by atoms with Crippen molar-refractivity contribution in [2.75, 3.05) is 11.9 Å². The molecule has 1 N–H and O–H groups in total. The lowest BCUT2D eigenvalue weighted by Gasteiger charge is -2.16. The first kappa shape index (κ1) is 11.5. The van der Waals surface area contributed by atoms with E-state index in [0.29, 0.717) is 0 Å². The summed E-state index contributed by atoms with van der Waals surface area (Å²) in [5.74, 6) is 0. The molecule has 0 spiro atoms. The zero-order chi connectivity index (χ0) is 10.8. The molecule has 0 aromatic carbocycles. The molecule has 0 bridgehead atoms. The summed E-state index contributed by atoms with van der Waals surface area (Å²) < 4.78 is 0. The molecule has 1 heterocycles. The molecular weight excluding hydrogens is 192 g/mol. The summed E-state index contributed by atoms with van der Waals surface area (Å²) >= 11 is 1.76. The van der Waals surface area contributed by atoms with Crippen molar-refractivity contribution in [3.8, 4) is 0 Å². The molecule has 80 valence electrons. The van der Waals surface area contributed by atoms with Gasteiger partial charge in [0.2, 0.25) is 0 Å². The number of rotatable bonds is 3. The van der Waals surface area contributed by atoms with Gasteiger partial charge in [0.15, 0.2) is 5.13 Å². The number of thiazole rings is 1. The van der Waals surface area contributed by atoms with Crippen LogP contribution < -0.4 is 5.32 Å². The topological polar surface area (TPSA) is 24.9 Å². The third kappa shape index (κ3) is 2.71. The Labute approximate surface area is 90.8 Å². The molecule has 0 aliphatic carbocycles. The van der Waals surface area contributed by atoms with E-state index >= 15 is 0 Å². The van der Waals surface area contributed by atoms with E-state index in [2.05, 4.69) is 44.9 Å². The molecule has 0 saturated heterocycles. The average molecular weight is 212 g/mol. The highest BCUT2D eigenvalue weighted by Crippen LogP contribution is 2.31. The maximum atomic E-state index is 4.63. The van der Waals surface area contributed by atoms with Crippen molar-refractivity contribution in [2.45, 2.75) is 46.5 Å². The Balaban J connectivity index is 2.83. The standard InChI is InChI=1S/C11H20N2S/c1-6-7-12-10-13-9(8(2)14-10)11(3,4)5/h6-7H2,1-5H3,(H,12,13). The van der Waals surface area contributed by atoms with Gasteiger partial charge in [0.05, 0.1) is 5.69 Å². The Morgan fingerprint density at radius 1 is 1.36 bits per heavy atom. The number of hydrogen-bond acceptors (Lipinski definition) is 3. The van der Waals surface area contributed by atoms with Gasteiger partial charge in [0.25, 0.3) is 0 Å². The van der Waals surface area contributed by atoms with Gasteiger partial charge in [-0.1, -0.05) is 27.7 Å². The first-order valence-corrected chi connectivity index (χ1v) is 5.98. The zero-order valence-corrected chi connectivity index (χ0v) is 10.6. The second kappa shape index (κ2) is 4.30. The molecule has 3 heteroatoms. The molecule has 1 aromatic rings. The molecule has 0 saturated carbocycles. The monoisotopic (exact) mass is 212 g/mol. The number of aryl methyl sites for hydroxylation is 1. The first-order chi connectivity index (χ1) is 6.45. The fourth-order valence-corrected chi connectivity index (χ4v) is 2.45. The Kier molecular flexibility index (Phi) is 3.53. The third-order valence-corrected chi connectivity index (χ3v) is 2.96. The Bertz CT molecular complexity index is 297. The van der Waals surface area contributed by atoms with Crippen LogP contribution in [0.25, 0.3) is 0 Å². The van der Waals surface area contributed by atoms with E-state index in [1.54, 1.807) is 11.3 Å². The van der Waals surface area contributed by atoms with Gasteiger partial charge in [0, 0.05) is 16.8 Å². The molecule has 0 aliphatic heterocycles. The summed E-state index contributed by atoms with van der Waals surface area (Å²) in [7, 11) is 0. The minimum Gasteiger partial charge on any atom is -0.362 e. The summed E-state index contributed by atoms with van der Waals surface area (Å²) in [4.78, 5) is 5.96. The van der Waals surface area contributed by atoms with E-state index in [4.69, 9.17) is 0 Å². The Morgan fingerprint density at radius 2 is 2.00 bits per heavy atom. The van der Waals surface area contributed by atoms with E-state index in [1.165, 1.54) is 10.6 Å². The van der Waals surface area contributed by atoms with Gasteiger partial charge in [-0.2, -0.15) is 0 Å². The van der Waals surface area contributed by atoms with Crippen LogP contribution in [0.4, 0.5) is 5.13 Å². The van der Waals surface area contributed by atoms with Crippen molar-refractivity contribution in [1.29, 1.82) is 0 Å². The van der Waals surface area contributed by atoms with Gasteiger partial charge >= 0.3 is 0 Å². The van der Waals surface area contributed by atoms with Crippen LogP contribution in [-0.4, -0.2) is 11.5 Å². The summed E-state index contributed by atoms with van der Waals surface area (Å²) in [5.41, 5.74) is 1.38. The van der Waals surface area contributed by atoms with Crippen molar-refractivity contribution < 1.29 is 0 Å². The van der Waals surface area contributed by atoms with Crippen LogP contribution in [0.15, 0.2) is 0 Å². The number of hydrogen-bond donors (Lipinski definition) is 1. The highest BCUT2D eigenvalue weighted by molar-refractivity contribution is 7.15. The van der Waals surface area contributed by atoms with Crippen LogP contribution in [0.3, 0.4) is 0 Å².